The van der Waals surface area contributed by atoms with Gasteiger partial charge in [0.2, 0.25) is 5.91 Å². The van der Waals surface area contributed by atoms with Gasteiger partial charge in [0, 0.05) is 4.75 Å². The number of carboxylic acid groups (broad SMARTS) is 1. The van der Waals surface area contributed by atoms with Gasteiger partial charge < -0.3 is 15.3 Å². The Bertz CT molecular complexity index is 382. The predicted octanol–water partition coefficient (Wildman–Crippen LogP) is -0.750. The number of rotatable bonds is 1. The zero-order valence-corrected chi connectivity index (χ0v) is 9.71. The summed E-state index contributed by atoms with van der Waals surface area (Å²) in [6.45, 7) is 3.35. The van der Waals surface area contributed by atoms with Crippen LogP contribution < -0.4 is 5.32 Å². The lowest BCUT2D eigenvalue weighted by atomic mass is 10.0. The van der Waals surface area contributed by atoms with Crippen molar-refractivity contribution < 1.29 is 19.5 Å². The van der Waals surface area contributed by atoms with E-state index in [-0.39, 0.29) is 18.4 Å². The number of thioether (sulfide) groups is 1. The van der Waals surface area contributed by atoms with Crippen LogP contribution in [0.5, 0.6) is 0 Å². The number of nitrogens with one attached hydrogen (secondary N) is 1. The summed E-state index contributed by atoms with van der Waals surface area (Å²) in [7, 11) is 0. The smallest absolute Gasteiger partial charge is 0.327 e. The minimum Gasteiger partial charge on any atom is -0.480 e. The molecule has 2 aliphatic rings. The predicted molar refractivity (Wildman–Crippen MR) is 56.7 cm³/mol. The van der Waals surface area contributed by atoms with Gasteiger partial charge >= 0.3 is 5.97 Å². The molecule has 0 spiro atoms. The summed E-state index contributed by atoms with van der Waals surface area (Å²) >= 11 is 1.21. The third-order valence-electron chi connectivity index (χ3n) is 2.76. The van der Waals surface area contributed by atoms with Crippen LogP contribution in [0.25, 0.3) is 0 Å². The highest BCUT2D eigenvalue weighted by Gasteiger charge is 2.56. The van der Waals surface area contributed by atoms with E-state index in [1.807, 2.05) is 0 Å². The Balaban J connectivity index is 2.41. The van der Waals surface area contributed by atoms with Gasteiger partial charge in [-0.05, 0) is 13.8 Å². The maximum atomic E-state index is 11.7. The topological polar surface area (TPSA) is 86.7 Å². The molecule has 2 N–H and O–H groups in total. The summed E-state index contributed by atoms with van der Waals surface area (Å²) in [6, 6.07) is -0.943. The molecule has 7 heteroatoms. The number of hydrogen-bond donors (Lipinski definition) is 2. The number of carbonyl (C=O) groups excluding carboxylic acids is 2. The van der Waals surface area contributed by atoms with Gasteiger partial charge in [0.05, 0.1) is 6.54 Å². The fourth-order valence-corrected chi connectivity index (χ4v) is 3.55. The maximum absolute atomic E-state index is 11.7. The van der Waals surface area contributed by atoms with E-state index in [2.05, 4.69) is 5.32 Å². The van der Waals surface area contributed by atoms with Gasteiger partial charge in [-0.1, -0.05) is 0 Å². The number of carboxylic acids is 1. The van der Waals surface area contributed by atoms with E-state index in [9.17, 15) is 14.4 Å². The second kappa shape index (κ2) is 3.38. The van der Waals surface area contributed by atoms with Crippen LogP contribution in [0.3, 0.4) is 0 Å². The third-order valence-corrected chi connectivity index (χ3v) is 4.26. The zero-order chi connectivity index (χ0) is 12.1. The first kappa shape index (κ1) is 11.3. The Morgan fingerprint density at radius 2 is 2.19 bits per heavy atom. The Morgan fingerprint density at radius 3 is 2.75 bits per heavy atom. The van der Waals surface area contributed by atoms with Crippen LogP contribution in [0.1, 0.15) is 13.8 Å². The largest absolute Gasteiger partial charge is 0.480 e. The van der Waals surface area contributed by atoms with Crippen molar-refractivity contribution in [1.29, 1.82) is 0 Å². The molecule has 0 saturated carbocycles. The van der Waals surface area contributed by atoms with E-state index in [1.165, 1.54) is 16.7 Å². The van der Waals surface area contributed by atoms with Crippen LogP contribution in [0, 0.1) is 0 Å². The van der Waals surface area contributed by atoms with Gasteiger partial charge in [-0.15, -0.1) is 11.8 Å². The Morgan fingerprint density at radius 1 is 1.56 bits per heavy atom. The molecule has 0 aliphatic carbocycles. The highest BCUT2D eigenvalue weighted by atomic mass is 32.2. The molecule has 2 saturated heterocycles. The van der Waals surface area contributed by atoms with Gasteiger partial charge in [-0.2, -0.15) is 0 Å². The van der Waals surface area contributed by atoms with E-state index in [0.717, 1.165) is 0 Å². The van der Waals surface area contributed by atoms with Gasteiger partial charge in [0.1, 0.15) is 6.04 Å². The van der Waals surface area contributed by atoms with Crippen molar-refractivity contribution in [3.63, 3.8) is 0 Å². The van der Waals surface area contributed by atoms with Crippen LogP contribution in [-0.2, 0) is 14.4 Å². The Hall–Kier alpha value is -1.24. The molecule has 2 atom stereocenters. The molecule has 6 nitrogen and oxygen atoms in total. The van der Waals surface area contributed by atoms with Crippen LogP contribution >= 0.6 is 11.8 Å². The number of piperazine rings is 1. The molecule has 2 rings (SSSR count). The SMILES string of the molecule is CC1(C)SC2C(=O)NCC(=O)N2C1C(=O)O. The molecular formula is C9H12N2O4S. The molecule has 88 valence electrons. The van der Waals surface area contributed by atoms with Crippen molar-refractivity contribution in [3.8, 4) is 0 Å². The summed E-state index contributed by atoms with van der Waals surface area (Å²) < 4.78 is -0.659. The van der Waals surface area contributed by atoms with Crippen molar-refractivity contribution in [2.24, 2.45) is 0 Å². The molecule has 2 amide bonds. The van der Waals surface area contributed by atoms with E-state index >= 15 is 0 Å². The summed E-state index contributed by atoms with van der Waals surface area (Å²) in [4.78, 5) is 35.6. The van der Waals surface area contributed by atoms with Crippen molar-refractivity contribution in [3.05, 3.63) is 0 Å². The second-order valence-corrected chi connectivity index (χ2v) is 6.07. The summed E-state index contributed by atoms with van der Waals surface area (Å²) in [5.74, 6) is -1.69. The monoisotopic (exact) mass is 244 g/mol. The fourth-order valence-electron chi connectivity index (χ4n) is 2.09. The lowest BCUT2D eigenvalue weighted by molar-refractivity contribution is -0.154. The Kier molecular flexibility index (Phi) is 2.37. The number of hydrogen-bond acceptors (Lipinski definition) is 4. The molecule has 0 radical (unpaired) electrons. The molecule has 2 aliphatic heterocycles. The zero-order valence-electron chi connectivity index (χ0n) is 8.89. The van der Waals surface area contributed by atoms with E-state index in [4.69, 9.17) is 5.11 Å². The molecule has 0 aromatic carbocycles. The number of carbonyl (C=O) groups is 3. The molecule has 0 aromatic rings. The van der Waals surface area contributed by atoms with Crippen molar-refractivity contribution in [2.45, 2.75) is 30.0 Å². The summed E-state index contributed by atoms with van der Waals surface area (Å²) in [5, 5.41) is 10.9. The first-order chi connectivity index (χ1) is 7.34. The first-order valence-corrected chi connectivity index (χ1v) is 5.72. The first-order valence-electron chi connectivity index (χ1n) is 4.84. The van der Waals surface area contributed by atoms with Gasteiger partial charge in [0.15, 0.2) is 5.37 Å². The van der Waals surface area contributed by atoms with E-state index < -0.39 is 22.1 Å². The van der Waals surface area contributed by atoms with Gasteiger partial charge in [0.25, 0.3) is 5.91 Å². The minimum atomic E-state index is -1.07. The minimum absolute atomic E-state index is 0.115. The van der Waals surface area contributed by atoms with Crippen LogP contribution in [0.4, 0.5) is 0 Å². The lowest BCUT2D eigenvalue weighted by Crippen LogP contribution is -2.60. The summed E-state index contributed by atoms with van der Waals surface area (Å²) in [6.07, 6.45) is 0. The van der Waals surface area contributed by atoms with Crippen LogP contribution in [-0.4, -0.2) is 50.5 Å². The fraction of sp³-hybridized carbons (Fsp3) is 0.667. The highest BCUT2D eigenvalue weighted by molar-refractivity contribution is 8.02. The normalized spacial score (nSPS) is 32.2. The maximum Gasteiger partial charge on any atom is 0.327 e. The van der Waals surface area contributed by atoms with Crippen molar-refractivity contribution >= 4 is 29.5 Å². The molecule has 0 aromatic heterocycles. The van der Waals surface area contributed by atoms with Gasteiger partial charge in [-0.3, -0.25) is 9.59 Å². The molecule has 2 fully saturated rings. The van der Waals surface area contributed by atoms with Crippen molar-refractivity contribution in [1.82, 2.24) is 10.2 Å². The highest BCUT2D eigenvalue weighted by Crippen LogP contribution is 2.45. The number of amides is 2. The third kappa shape index (κ3) is 1.46. The Labute approximate surface area is 96.4 Å². The number of nitrogens with zero attached hydrogens (tertiary/aromatic N) is 1. The molecule has 2 heterocycles. The van der Waals surface area contributed by atoms with E-state index in [0.29, 0.717) is 0 Å². The standard InChI is InChI=1S/C9H12N2O4S/c1-9(2)5(8(14)15)11-4(12)3-10-6(13)7(11)16-9/h5,7H,3H2,1-2H3,(H,10,13)(H,14,15). The van der Waals surface area contributed by atoms with Crippen LogP contribution in [0.15, 0.2) is 0 Å². The average Bonchev–Trinajstić information content (AvgIpc) is 2.44. The second-order valence-electron chi connectivity index (χ2n) is 4.33. The van der Waals surface area contributed by atoms with Gasteiger partial charge in [-0.25, -0.2) is 4.79 Å². The average molecular weight is 244 g/mol. The number of fused-ring (bicyclic) bond motifs is 1. The number of aliphatic carboxylic acids is 1. The van der Waals surface area contributed by atoms with Crippen LogP contribution in [0.2, 0.25) is 0 Å². The molecular weight excluding hydrogens is 232 g/mol. The lowest BCUT2D eigenvalue weighted by Gasteiger charge is -2.32. The summed E-state index contributed by atoms with van der Waals surface area (Å²) in [5.41, 5.74) is 0. The molecule has 2 unspecified atom stereocenters. The quantitative estimate of drug-likeness (QED) is 0.633. The van der Waals surface area contributed by atoms with E-state index in [1.54, 1.807) is 13.8 Å². The molecule has 16 heavy (non-hydrogen) atoms. The molecule has 0 bridgehead atoms. The van der Waals surface area contributed by atoms with Crippen molar-refractivity contribution in [2.75, 3.05) is 6.54 Å².